The molecule has 0 spiro atoms. The summed E-state index contributed by atoms with van der Waals surface area (Å²) in [6.45, 7) is 7.40. The normalized spacial score (nSPS) is 13.1. The Morgan fingerprint density at radius 2 is 1.78 bits per heavy atom. The Balaban J connectivity index is 1.95. The van der Waals surface area contributed by atoms with Gasteiger partial charge in [-0.15, -0.1) is 0 Å². The maximum Gasteiger partial charge on any atom is 0.436 e. The molecule has 0 aromatic carbocycles. The zero-order valence-electron chi connectivity index (χ0n) is 15.3. The standard InChI is InChI=1S/C16H20Cl2F3N5O/c1-8-12(17)9(2)25(23-8)7-5-6-22-15(27)11(4)26-10(3)13(18)14(24-26)16(19,20)21/h11H,5-7H2,1-4H3,(H,22,27). The van der Waals surface area contributed by atoms with Gasteiger partial charge in [0.05, 0.1) is 27.1 Å². The Morgan fingerprint density at radius 3 is 2.26 bits per heavy atom. The summed E-state index contributed by atoms with van der Waals surface area (Å²) < 4.78 is 41.4. The zero-order valence-corrected chi connectivity index (χ0v) is 16.8. The van der Waals surface area contributed by atoms with Gasteiger partial charge in [0.15, 0.2) is 5.69 Å². The molecule has 150 valence electrons. The molecule has 27 heavy (non-hydrogen) atoms. The molecular formula is C16H20Cl2F3N5O. The van der Waals surface area contributed by atoms with Crippen molar-refractivity contribution in [2.45, 2.75) is 52.9 Å². The molecule has 11 heteroatoms. The first-order valence-electron chi connectivity index (χ1n) is 8.24. The van der Waals surface area contributed by atoms with Gasteiger partial charge in [-0.1, -0.05) is 23.2 Å². The number of aromatic nitrogens is 4. The molecule has 1 amide bonds. The van der Waals surface area contributed by atoms with Crippen molar-refractivity contribution in [2.24, 2.45) is 0 Å². The fourth-order valence-corrected chi connectivity index (χ4v) is 3.02. The first kappa shape index (κ1) is 21.6. The quantitative estimate of drug-likeness (QED) is 0.708. The highest BCUT2D eigenvalue weighted by Crippen LogP contribution is 2.36. The van der Waals surface area contributed by atoms with Gasteiger partial charge < -0.3 is 5.32 Å². The van der Waals surface area contributed by atoms with E-state index in [1.54, 1.807) is 4.68 Å². The van der Waals surface area contributed by atoms with E-state index in [2.05, 4.69) is 15.5 Å². The first-order valence-corrected chi connectivity index (χ1v) is 8.99. The van der Waals surface area contributed by atoms with Gasteiger partial charge in [0, 0.05) is 13.1 Å². The minimum absolute atomic E-state index is 0.0870. The first-order chi connectivity index (χ1) is 12.4. The Kier molecular flexibility index (Phi) is 6.47. The van der Waals surface area contributed by atoms with Gasteiger partial charge in [-0.3, -0.25) is 14.2 Å². The number of carbonyl (C=O) groups is 1. The number of alkyl halides is 3. The van der Waals surface area contributed by atoms with E-state index in [1.807, 2.05) is 13.8 Å². The molecule has 0 fully saturated rings. The van der Waals surface area contributed by atoms with Crippen LogP contribution in [0.5, 0.6) is 0 Å². The molecule has 1 unspecified atom stereocenters. The van der Waals surface area contributed by atoms with Crippen molar-refractivity contribution in [2.75, 3.05) is 6.54 Å². The highest BCUT2D eigenvalue weighted by molar-refractivity contribution is 6.32. The van der Waals surface area contributed by atoms with Crippen LogP contribution in [0.2, 0.25) is 10.0 Å². The molecule has 1 atom stereocenters. The molecule has 0 aliphatic rings. The molecule has 0 radical (unpaired) electrons. The molecule has 6 nitrogen and oxygen atoms in total. The maximum absolute atomic E-state index is 12.9. The molecule has 0 bridgehead atoms. The smallest absolute Gasteiger partial charge is 0.354 e. The van der Waals surface area contributed by atoms with Crippen molar-refractivity contribution >= 4 is 29.1 Å². The number of aryl methyl sites for hydroxylation is 2. The number of carbonyl (C=O) groups excluding carboxylic acids is 1. The van der Waals surface area contributed by atoms with Crippen molar-refractivity contribution in [1.29, 1.82) is 0 Å². The number of nitrogens with zero attached hydrogens (tertiary/aromatic N) is 4. The monoisotopic (exact) mass is 425 g/mol. The fourth-order valence-electron chi connectivity index (χ4n) is 2.65. The number of hydrogen-bond donors (Lipinski definition) is 1. The summed E-state index contributed by atoms with van der Waals surface area (Å²) in [6, 6.07) is -0.929. The molecule has 0 aliphatic carbocycles. The second-order valence-corrected chi connectivity index (χ2v) is 6.97. The maximum atomic E-state index is 12.9. The van der Waals surface area contributed by atoms with E-state index in [0.717, 1.165) is 16.1 Å². The van der Waals surface area contributed by atoms with E-state index in [0.29, 0.717) is 24.5 Å². The lowest BCUT2D eigenvalue weighted by Gasteiger charge is -2.14. The number of amides is 1. The minimum atomic E-state index is -4.68. The van der Waals surface area contributed by atoms with Crippen molar-refractivity contribution < 1.29 is 18.0 Å². The molecule has 0 saturated carbocycles. The fraction of sp³-hybridized carbons (Fsp3) is 0.562. The predicted octanol–water partition coefficient (Wildman–Crippen LogP) is 4.10. The largest absolute Gasteiger partial charge is 0.436 e. The lowest BCUT2D eigenvalue weighted by atomic mass is 10.3. The predicted molar refractivity (Wildman–Crippen MR) is 96.0 cm³/mol. The molecule has 0 aliphatic heterocycles. The van der Waals surface area contributed by atoms with Crippen molar-refractivity contribution in [3.8, 4) is 0 Å². The van der Waals surface area contributed by atoms with Gasteiger partial charge in [0.25, 0.3) is 0 Å². The summed E-state index contributed by atoms with van der Waals surface area (Å²) in [5.74, 6) is -0.447. The van der Waals surface area contributed by atoms with Crippen molar-refractivity contribution in [1.82, 2.24) is 24.9 Å². The number of rotatable bonds is 6. The SMILES string of the molecule is Cc1nn(CCCNC(=O)C(C)n2nc(C(F)(F)F)c(Cl)c2C)c(C)c1Cl. The van der Waals surface area contributed by atoms with Gasteiger partial charge >= 0.3 is 6.18 Å². The van der Waals surface area contributed by atoms with Crippen LogP contribution in [0.25, 0.3) is 0 Å². The molecule has 0 saturated heterocycles. The van der Waals surface area contributed by atoms with Gasteiger partial charge in [-0.25, -0.2) is 0 Å². The van der Waals surface area contributed by atoms with E-state index in [-0.39, 0.29) is 5.69 Å². The van der Waals surface area contributed by atoms with E-state index in [1.165, 1.54) is 13.8 Å². The van der Waals surface area contributed by atoms with Crippen LogP contribution in [0, 0.1) is 20.8 Å². The van der Waals surface area contributed by atoms with Crippen LogP contribution in [-0.2, 0) is 17.5 Å². The number of hydrogen-bond acceptors (Lipinski definition) is 3. The lowest BCUT2D eigenvalue weighted by molar-refractivity contribution is -0.141. The Morgan fingerprint density at radius 1 is 1.15 bits per heavy atom. The van der Waals surface area contributed by atoms with Crippen molar-refractivity contribution in [3.05, 3.63) is 32.8 Å². The summed E-state index contributed by atoms with van der Waals surface area (Å²) in [5.41, 5.74) is 0.473. The molecule has 1 N–H and O–H groups in total. The molecule has 2 aromatic heterocycles. The van der Waals surface area contributed by atoms with Crippen LogP contribution >= 0.6 is 23.2 Å². The molecule has 2 rings (SSSR count). The average Bonchev–Trinajstić information content (AvgIpc) is 3.02. The Labute approximate surface area is 164 Å². The third kappa shape index (κ3) is 4.57. The van der Waals surface area contributed by atoms with Crippen LogP contribution < -0.4 is 5.32 Å². The van der Waals surface area contributed by atoms with Crippen molar-refractivity contribution in [3.63, 3.8) is 0 Å². The lowest BCUT2D eigenvalue weighted by Crippen LogP contribution is -2.33. The number of halogens is 5. The Hall–Kier alpha value is -1.74. The summed E-state index contributed by atoms with van der Waals surface area (Å²) >= 11 is 11.8. The zero-order chi connectivity index (χ0) is 20.5. The van der Waals surface area contributed by atoms with Gasteiger partial charge in [-0.05, 0) is 34.1 Å². The van der Waals surface area contributed by atoms with Crippen LogP contribution in [0.4, 0.5) is 13.2 Å². The van der Waals surface area contributed by atoms with Crippen LogP contribution in [0.1, 0.15) is 42.2 Å². The molecular weight excluding hydrogens is 406 g/mol. The van der Waals surface area contributed by atoms with E-state index >= 15 is 0 Å². The molecule has 2 heterocycles. The van der Waals surface area contributed by atoms with Gasteiger partial charge in [-0.2, -0.15) is 23.4 Å². The van der Waals surface area contributed by atoms with E-state index < -0.39 is 28.8 Å². The van der Waals surface area contributed by atoms with Crippen LogP contribution in [0.3, 0.4) is 0 Å². The van der Waals surface area contributed by atoms with Gasteiger partial charge in [0.1, 0.15) is 6.04 Å². The highest BCUT2D eigenvalue weighted by Gasteiger charge is 2.39. The highest BCUT2D eigenvalue weighted by atomic mass is 35.5. The molecule has 2 aromatic rings. The minimum Gasteiger partial charge on any atom is -0.354 e. The summed E-state index contributed by atoms with van der Waals surface area (Å²) in [7, 11) is 0. The van der Waals surface area contributed by atoms with E-state index in [9.17, 15) is 18.0 Å². The van der Waals surface area contributed by atoms with Gasteiger partial charge in [0.2, 0.25) is 5.91 Å². The topological polar surface area (TPSA) is 64.7 Å². The average molecular weight is 426 g/mol. The van der Waals surface area contributed by atoms with Crippen LogP contribution in [-0.4, -0.2) is 32.0 Å². The summed E-state index contributed by atoms with van der Waals surface area (Å²) in [4.78, 5) is 12.3. The van der Waals surface area contributed by atoms with Crippen LogP contribution in [0.15, 0.2) is 0 Å². The van der Waals surface area contributed by atoms with E-state index in [4.69, 9.17) is 23.2 Å². The second kappa shape index (κ2) is 8.10. The third-order valence-electron chi connectivity index (χ3n) is 4.23. The Bertz CT molecular complexity index is 844. The summed E-state index contributed by atoms with van der Waals surface area (Å²) in [6.07, 6.45) is -4.09. The third-order valence-corrected chi connectivity index (χ3v) is 5.23. The number of nitrogens with one attached hydrogen (secondary N) is 1. The summed E-state index contributed by atoms with van der Waals surface area (Å²) in [5, 5.41) is 10.6. The second-order valence-electron chi connectivity index (χ2n) is 6.22.